The van der Waals surface area contributed by atoms with Crippen molar-refractivity contribution in [1.82, 2.24) is 0 Å². The number of benzene rings is 1. The van der Waals surface area contributed by atoms with E-state index in [4.69, 9.17) is 0 Å². The maximum atomic E-state index is 12.5. The van der Waals surface area contributed by atoms with Crippen molar-refractivity contribution in [2.24, 2.45) is 0 Å². The summed E-state index contributed by atoms with van der Waals surface area (Å²) >= 11 is 0. The second kappa shape index (κ2) is 4.24. The van der Waals surface area contributed by atoms with Crippen molar-refractivity contribution < 1.29 is 18.0 Å². The molecule has 1 aliphatic rings. The Hall–Kier alpha value is -1.78. The molecule has 1 aromatic carbocycles. The van der Waals surface area contributed by atoms with Gasteiger partial charge in [-0.3, -0.25) is 4.79 Å². The van der Waals surface area contributed by atoms with Crippen molar-refractivity contribution in [1.29, 1.82) is 0 Å². The number of hydrogen-bond acceptors (Lipinski definition) is 1. The van der Waals surface area contributed by atoms with E-state index in [-0.39, 0.29) is 11.6 Å². The van der Waals surface area contributed by atoms with E-state index in [1.165, 1.54) is 23.1 Å². The van der Waals surface area contributed by atoms with Crippen LogP contribution in [-0.2, 0) is 11.0 Å². The highest BCUT2D eigenvalue weighted by Crippen LogP contribution is 2.32. The van der Waals surface area contributed by atoms with Crippen LogP contribution in [0.1, 0.15) is 12.0 Å². The minimum Gasteiger partial charge on any atom is -0.309 e. The van der Waals surface area contributed by atoms with Crippen LogP contribution in [0.5, 0.6) is 0 Å². The van der Waals surface area contributed by atoms with Crippen molar-refractivity contribution in [3.05, 3.63) is 42.0 Å². The molecule has 1 aromatic rings. The van der Waals surface area contributed by atoms with E-state index in [9.17, 15) is 18.0 Å². The van der Waals surface area contributed by atoms with Gasteiger partial charge in [0, 0.05) is 12.2 Å². The molecule has 1 heterocycles. The molecular formula is C12H10F3NO. The van der Waals surface area contributed by atoms with Gasteiger partial charge in [0.05, 0.1) is 5.56 Å². The fraction of sp³-hybridized carbons (Fsp3) is 0.250. The molecule has 0 bridgehead atoms. The van der Waals surface area contributed by atoms with Crippen LogP contribution in [-0.4, -0.2) is 12.5 Å². The number of nitrogens with zero attached hydrogens (tertiary/aromatic N) is 1. The normalized spacial score (nSPS) is 16.4. The number of halogens is 3. The summed E-state index contributed by atoms with van der Waals surface area (Å²) in [5, 5.41) is 0. The highest BCUT2D eigenvalue weighted by atomic mass is 19.4. The first-order valence-corrected chi connectivity index (χ1v) is 5.14. The van der Waals surface area contributed by atoms with Gasteiger partial charge >= 0.3 is 6.18 Å². The number of alkyl halides is 3. The summed E-state index contributed by atoms with van der Waals surface area (Å²) in [6, 6.07) is 4.81. The molecule has 1 aliphatic heterocycles. The Labute approximate surface area is 96.3 Å². The van der Waals surface area contributed by atoms with Gasteiger partial charge in [0.1, 0.15) is 0 Å². The third-order valence-corrected chi connectivity index (χ3v) is 2.53. The molecule has 0 unspecified atom stereocenters. The number of hydrogen-bond donors (Lipinski definition) is 0. The number of amides is 1. The Bertz CT molecular complexity index is 465. The van der Waals surface area contributed by atoms with E-state index in [1.54, 1.807) is 6.08 Å². The maximum absolute atomic E-state index is 12.5. The molecule has 0 aliphatic carbocycles. The lowest BCUT2D eigenvalue weighted by molar-refractivity contribution is -0.137. The highest BCUT2D eigenvalue weighted by Gasteiger charge is 2.31. The smallest absolute Gasteiger partial charge is 0.309 e. The maximum Gasteiger partial charge on any atom is 0.416 e. The van der Waals surface area contributed by atoms with Crippen molar-refractivity contribution in [2.75, 3.05) is 11.4 Å². The first-order chi connectivity index (χ1) is 7.98. The first-order valence-electron chi connectivity index (χ1n) is 5.14. The first kappa shape index (κ1) is 11.7. The Morgan fingerprint density at radius 1 is 1.24 bits per heavy atom. The van der Waals surface area contributed by atoms with Crippen LogP contribution in [0.15, 0.2) is 36.4 Å². The summed E-state index contributed by atoms with van der Waals surface area (Å²) in [7, 11) is 0. The largest absolute Gasteiger partial charge is 0.416 e. The van der Waals surface area contributed by atoms with Gasteiger partial charge in [0.2, 0.25) is 0 Å². The fourth-order valence-corrected chi connectivity index (χ4v) is 1.69. The van der Waals surface area contributed by atoms with E-state index >= 15 is 0 Å². The molecule has 5 heteroatoms. The molecule has 0 atom stereocenters. The van der Waals surface area contributed by atoms with Crippen LogP contribution in [0.3, 0.4) is 0 Å². The molecule has 2 rings (SSSR count). The number of anilines is 1. The molecule has 2 nitrogen and oxygen atoms in total. The second-order valence-electron chi connectivity index (χ2n) is 3.73. The summed E-state index contributed by atoms with van der Waals surface area (Å²) in [6.45, 7) is 0.413. The summed E-state index contributed by atoms with van der Waals surface area (Å²) in [6.07, 6.45) is -0.636. The van der Waals surface area contributed by atoms with Crippen molar-refractivity contribution in [3.63, 3.8) is 0 Å². The van der Waals surface area contributed by atoms with E-state index in [1.807, 2.05) is 0 Å². The van der Waals surface area contributed by atoms with Crippen molar-refractivity contribution in [2.45, 2.75) is 12.6 Å². The number of rotatable bonds is 1. The quantitative estimate of drug-likeness (QED) is 0.740. The molecule has 0 saturated heterocycles. The zero-order valence-electron chi connectivity index (χ0n) is 8.87. The van der Waals surface area contributed by atoms with Gasteiger partial charge in [0.15, 0.2) is 0 Å². The van der Waals surface area contributed by atoms with E-state index in [2.05, 4.69) is 0 Å². The Morgan fingerprint density at radius 2 is 2.00 bits per heavy atom. The van der Waals surface area contributed by atoms with Crippen LogP contribution in [0, 0.1) is 0 Å². The minimum atomic E-state index is -4.38. The summed E-state index contributed by atoms with van der Waals surface area (Å²) in [5.41, 5.74) is -0.452. The third kappa shape index (κ3) is 2.49. The van der Waals surface area contributed by atoms with E-state index in [0.717, 1.165) is 12.1 Å². The molecule has 90 valence electrons. The lowest BCUT2D eigenvalue weighted by Gasteiger charge is -2.24. The fourth-order valence-electron chi connectivity index (χ4n) is 1.69. The molecule has 0 fully saturated rings. The predicted molar refractivity (Wildman–Crippen MR) is 57.6 cm³/mol. The Balaban J connectivity index is 2.33. The summed E-state index contributed by atoms with van der Waals surface area (Å²) in [4.78, 5) is 12.9. The lowest BCUT2D eigenvalue weighted by Crippen LogP contribution is -2.32. The van der Waals surface area contributed by atoms with Crippen molar-refractivity contribution in [3.8, 4) is 0 Å². The summed E-state index contributed by atoms with van der Waals surface area (Å²) < 4.78 is 37.5. The second-order valence-corrected chi connectivity index (χ2v) is 3.73. The Morgan fingerprint density at radius 3 is 2.65 bits per heavy atom. The predicted octanol–water partition coefficient (Wildman–Crippen LogP) is 3.00. The lowest BCUT2D eigenvalue weighted by atomic mass is 10.1. The van der Waals surface area contributed by atoms with Crippen LogP contribution in [0.2, 0.25) is 0 Å². The molecule has 1 amide bonds. The monoisotopic (exact) mass is 241 g/mol. The van der Waals surface area contributed by atoms with Gasteiger partial charge in [-0.05, 0) is 30.7 Å². The topological polar surface area (TPSA) is 20.3 Å². The van der Waals surface area contributed by atoms with Crippen LogP contribution >= 0.6 is 0 Å². The number of carbonyl (C=O) groups excluding carboxylic acids is 1. The molecule has 0 aromatic heterocycles. The molecule has 17 heavy (non-hydrogen) atoms. The highest BCUT2D eigenvalue weighted by molar-refractivity contribution is 6.02. The Kier molecular flexibility index (Phi) is 2.92. The molecule has 0 saturated carbocycles. The van der Waals surface area contributed by atoms with Gasteiger partial charge in [0.25, 0.3) is 5.91 Å². The van der Waals surface area contributed by atoms with Gasteiger partial charge in [-0.15, -0.1) is 0 Å². The van der Waals surface area contributed by atoms with Crippen LogP contribution in [0.4, 0.5) is 18.9 Å². The van der Waals surface area contributed by atoms with Gasteiger partial charge in [-0.2, -0.15) is 13.2 Å². The molecule has 0 N–H and O–H groups in total. The zero-order valence-corrected chi connectivity index (χ0v) is 8.87. The van der Waals surface area contributed by atoms with Crippen LogP contribution < -0.4 is 4.90 Å². The minimum absolute atomic E-state index is 0.282. The van der Waals surface area contributed by atoms with Gasteiger partial charge < -0.3 is 4.90 Å². The average Bonchev–Trinajstić information content (AvgIpc) is 2.29. The average molecular weight is 241 g/mol. The molecular weight excluding hydrogens is 231 g/mol. The standard InChI is InChI=1S/C12H10F3NO/c13-12(14,15)9-4-3-5-10(8-9)16-7-2-1-6-11(16)17/h1,3-6,8H,2,7H2. The summed E-state index contributed by atoms with van der Waals surface area (Å²) in [5.74, 6) is -0.282. The third-order valence-electron chi connectivity index (χ3n) is 2.53. The van der Waals surface area contributed by atoms with Crippen LogP contribution in [0.25, 0.3) is 0 Å². The van der Waals surface area contributed by atoms with Gasteiger partial charge in [-0.1, -0.05) is 12.1 Å². The zero-order chi connectivity index (χ0) is 12.5. The number of carbonyl (C=O) groups is 1. The van der Waals surface area contributed by atoms with E-state index < -0.39 is 11.7 Å². The van der Waals surface area contributed by atoms with E-state index in [0.29, 0.717) is 13.0 Å². The molecule has 0 spiro atoms. The van der Waals surface area contributed by atoms with Gasteiger partial charge in [-0.25, -0.2) is 0 Å². The van der Waals surface area contributed by atoms with Crippen molar-refractivity contribution >= 4 is 11.6 Å². The SMILES string of the molecule is O=C1C=CCCN1c1cccc(C(F)(F)F)c1. The molecule has 0 radical (unpaired) electrons.